The molecule has 0 saturated heterocycles. The van der Waals surface area contributed by atoms with Gasteiger partial charge < -0.3 is 14.2 Å². The topological polar surface area (TPSA) is 30.9 Å². The summed E-state index contributed by atoms with van der Waals surface area (Å²) in [5.41, 5.74) is 1.09. The molecular weight excluding hydrogens is 337 g/mol. The summed E-state index contributed by atoms with van der Waals surface area (Å²) in [6, 6.07) is 4.01. The van der Waals surface area contributed by atoms with E-state index in [1.807, 2.05) is 32.9 Å². The summed E-state index contributed by atoms with van der Waals surface area (Å²) in [5, 5.41) is 0. The maximum Gasteiger partial charge on any atom is 0.203 e. The van der Waals surface area contributed by atoms with E-state index in [4.69, 9.17) is 37.4 Å². The van der Waals surface area contributed by atoms with Gasteiger partial charge in [0.15, 0.2) is 11.5 Å². The Morgan fingerprint density at radius 3 is 1.70 bits per heavy atom. The lowest BCUT2D eigenvalue weighted by molar-refractivity contribution is 0.257. The second kappa shape index (κ2) is 11.7. The Morgan fingerprint density at radius 1 is 0.826 bits per heavy atom. The van der Waals surface area contributed by atoms with Gasteiger partial charge in [0.05, 0.1) is 19.8 Å². The number of halogens is 2. The van der Waals surface area contributed by atoms with E-state index >= 15 is 0 Å². The van der Waals surface area contributed by atoms with Crippen LogP contribution in [-0.2, 0) is 6.54 Å². The van der Waals surface area contributed by atoms with Crippen LogP contribution in [0.4, 0.5) is 0 Å². The van der Waals surface area contributed by atoms with Crippen LogP contribution in [0.1, 0.15) is 26.3 Å². The van der Waals surface area contributed by atoms with Gasteiger partial charge in [0, 0.05) is 31.4 Å². The van der Waals surface area contributed by atoms with Crippen molar-refractivity contribution in [3.8, 4) is 17.2 Å². The minimum atomic E-state index is 0.560. The van der Waals surface area contributed by atoms with Crippen LogP contribution in [0.25, 0.3) is 0 Å². The summed E-state index contributed by atoms with van der Waals surface area (Å²) in [7, 11) is 0. The molecular formula is C17H27Cl2NO3. The highest BCUT2D eigenvalue weighted by atomic mass is 35.5. The molecule has 0 aliphatic carbocycles. The summed E-state index contributed by atoms with van der Waals surface area (Å²) >= 11 is 11.7. The van der Waals surface area contributed by atoms with Gasteiger partial charge in [-0.05, 0) is 38.5 Å². The fourth-order valence-corrected chi connectivity index (χ4v) is 2.78. The van der Waals surface area contributed by atoms with E-state index in [1.54, 1.807) is 0 Å². The van der Waals surface area contributed by atoms with Crippen molar-refractivity contribution in [2.75, 3.05) is 44.7 Å². The SMILES string of the molecule is CCOc1cc(CN(CCCl)CCCl)cc(OCC)c1OCC. The molecule has 1 aromatic rings. The quantitative estimate of drug-likeness (QED) is 0.521. The molecule has 0 N–H and O–H groups in total. The first-order chi connectivity index (χ1) is 11.2. The smallest absolute Gasteiger partial charge is 0.203 e. The van der Waals surface area contributed by atoms with Crippen LogP contribution in [-0.4, -0.2) is 49.6 Å². The molecule has 4 nitrogen and oxygen atoms in total. The van der Waals surface area contributed by atoms with E-state index < -0.39 is 0 Å². The normalized spacial score (nSPS) is 10.9. The first-order valence-corrected chi connectivity index (χ1v) is 9.16. The number of benzene rings is 1. The van der Waals surface area contributed by atoms with Crippen molar-refractivity contribution in [1.29, 1.82) is 0 Å². The maximum absolute atomic E-state index is 5.87. The standard InChI is InChI=1S/C17H27Cl2NO3/c1-4-21-15-11-14(13-20(9-7-18)10-8-19)12-16(22-5-2)17(15)23-6-3/h11-12H,4-10,13H2,1-3H3. The van der Waals surface area contributed by atoms with E-state index in [0.717, 1.165) is 25.2 Å². The molecule has 0 unspecified atom stereocenters. The monoisotopic (exact) mass is 363 g/mol. The third-order valence-electron chi connectivity index (χ3n) is 3.18. The molecule has 132 valence electrons. The van der Waals surface area contributed by atoms with E-state index in [9.17, 15) is 0 Å². The Balaban J connectivity index is 3.10. The molecule has 0 heterocycles. The molecule has 0 atom stereocenters. The molecule has 6 heteroatoms. The lowest BCUT2D eigenvalue weighted by atomic mass is 10.1. The second-order valence-electron chi connectivity index (χ2n) is 4.87. The van der Waals surface area contributed by atoms with E-state index in [1.165, 1.54) is 0 Å². The van der Waals surface area contributed by atoms with Gasteiger partial charge in [0.25, 0.3) is 0 Å². The zero-order chi connectivity index (χ0) is 17.1. The highest BCUT2D eigenvalue weighted by Crippen LogP contribution is 2.39. The third kappa shape index (κ3) is 6.66. The number of nitrogens with zero attached hydrogens (tertiary/aromatic N) is 1. The number of ether oxygens (including phenoxy) is 3. The Kier molecular flexibility index (Phi) is 10.2. The Morgan fingerprint density at radius 2 is 1.30 bits per heavy atom. The number of hydrogen-bond acceptors (Lipinski definition) is 4. The molecule has 0 aliphatic rings. The van der Waals surface area contributed by atoms with Crippen molar-refractivity contribution in [2.24, 2.45) is 0 Å². The average Bonchev–Trinajstić information content (AvgIpc) is 2.51. The minimum Gasteiger partial charge on any atom is -0.490 e. The lowest BCUT2D eigenvalue weighted by Gasteiger charge is -2.22. The van der Waals surface area contributed by atoms with E-state index in [0.29, 0.717) is 48.8 Å². The molecule has 0 bridgehead atoms. The molecule has 1 rings (SSSR count). The highest BCUT2D eigenvalue weighted by molar-refractivity contribution is 6.18. The van der Waals surface area contributed by atoms with Crippen LogP contribution in [0.3, 0.4) is 0 Å². The van der Waals surface area contributed by atoms with Gasteiger partial charge in [-0.1, -0.05) is 0 Å². The number of rotatable bonds is 12. The van der Waals surface area contributed by atoms with Crippen molar-refractivity contribution >= 4 is 23.2 Å². The van der Waals surface area contributed by atoms with Crippen LogP contribution in [0.2, 0.25) is 0 Å². The van der Waals surface area contributed by atoms with Gasteiger partial charge >= 0.3 is 0 Å². The molecule has 0 fully saturated rings. The van der Waals surface area contributed by atoms with Crippen molar-refractivity contribution < 1.29 is 14.2 Å². The van der Waals surface area contributed by atoms with Crippen molar-refractivity contribution in [3.05, 3.63) is 17.7 Å². The van der Waals surface area contributed by atoms with Crippen LogP contribution < -0.4 is 14.2 Å². The van der Waals surface area contributed by atoms with E-state index in [-0.39, 0.29) is 0 Å². The Labute approximate surface area is 149 Å². The zero-order valence-electron chi connectivity index (χ0n) is 14.2. The van der Waals surface area contributed by atoms with Crippen LogP contribution >= 0.6 is 23.2 Å². The van der Waals surface area contributed by atoms with Crippen LogP contribution in [0.5, 0.6) is 17.2 Å². The van der Waals surface area contributed by atoms with Gasteiger partial charge in [0.1, 0.15) is 0 Å². The molecule has 0 aromatic heterocycles. The maximum atomic E-state index is 5.87. The molecule has 0 saturated carbocycles. The average molecular weight is 364 g/mol. The summed E-state index contributed by atoms with van der Waals surface area (Å²) < 4.78 is 17.2. The summed E-state index contributed by atoms with van der Waals surface area (Å²) in [5.74, 6) is 3.25. The predicted molar refractivity (Wildman–Crippen MR) is 96.7 cm³/mol. The number of alkyl halides is 2. The van der Waals surface area contributed by atoms with Crippen LogP contribution in [0.15, 0.2) is 12.1 Å². The number of hydrogen-bond donors (Lipinski definition) is 0. The summed E-state index contributed by atoms with van der Waals surface area (Å²) in [6.07, 6.45) is 0. The van der Waals surface area contributed by atoms with Crippen molar-refractivity contribution in [2.45, 2.75) is 27.3 Å². The molecule has 23 heavy (non-hydrogen) atoms. The third-order valence-corrected chi connectivity index (χ3v) is 3.51. The predicted octanol–water partition coefficient (Wildman–Crippen LogP) is 4.16. The Bertz CT molecular complexity index is 424. The molecule has 0 spiro atoms. The summed E-state index contributed by atoms with van der Waals surface area (Å²) in [4.78, 5) is 2.21. The van der Waals surface area contributed by atoms with Gasteiger partial charge in [0.2, 0.25) is 5.75 Å². The van der Waals surface area contributed by atoms with Gasteiger partial charge in [-0.3, -0.25) is 4.90 Å². The Hall–Kier alpha value is -0.840. The first-order valence-electron chi connectivity index (χ1n) is 8.09. The second-order valence-corrected chi connectivity index (χ2v) is 5.63. The molecule has 0 aliphatic heterocycles. The van der Waals surface area contributed by atoms with Gasteiger partial charge in [-0.2, -0.15) is 0 Å². The minimum absolute atomic E-state index is 0.560. The molecule has 1 aromatic carbocycles. The zero-order valence-corrected chi connectivity index (χ0v) is 15.8. The van der Waals surface area contributed by atoms with Crippen molar-refractivity contribution in [1.82, 2.24) is 4.90 Å². The largest absolute Gasteiger partial charge is 0.490 e. The lowest BCUT2D eigenvalue weighted by Crippen LogP contribution is -2.27. The highest BCUT2D eigenvalue weighted by Gasteiger charge is 2.16. The van der Waals surface area contributed by atoms with Gasteiger partial charge in [-0.15, -0.1) is 23.2 Å². The van der Waals surface area contributed by atoms with Gasteiger partial charge in [-0.25, -0.2) is 0 Å². The fraction of sp³-hybridized carbons (Fsp3) is 0.647. The molecule has 0 amide bonds. The van der Waals surface area contributed by atoms with Crippen molar-refractivity contribution in [3.63, 3.8) is 0 Å². The van der Waals surface area contributed by atoms with Crippen LogP contribution in [0, 0.1) is 0 Å². The molecule has 0 radical (unpaired) electrons. The fourth-order valence-electron chi connectivity index (χ4n) is 2.30. The summed E-state index contributed by atoms with van der Waals surface area (Å²) in [6.45, 7) is 9.87. The first kappa shape index (κ1) is 20.2. The van der Waals surface area contributed by atoms with E-state index in [2.05, 4.69) is 4.90 Å².